The molecule has 0 spiro atoms. The van der Waals surface area contributed by atoms with Crippen LogP contribution in [0.25, 0.3) is 0 Å². The predicted octanol–water partition coefficient (Wildman–Crippen LogP) is 3.07. The van der Waals surface area contributed by atoms with Gasteiger partial charge in [0, 0.05) is 0 Å². The maximum absolute atomic E-state index is 12.1. The number of Topliss-reactive ketones (excluding diaryl/α,β-unsaturated/α-hetero) is 1. The lowest BCUT2D eigenvalue weighted by molar-refractivity contribution is 0.102. The molecule has 0 saturated heterocycles. The van der Waals surface area contributed by atoms with E-state index >= 15 is 0 Å². The number of rotatable bonds is 5. The van der Waals surface area contributed by atoms with Gasteiger partial charge < -0.3 is 4.74 Å². The highest BCUT2D eigenvalue weighted by Gasteiger charge is 2.21. The van der Waals surface area contributed by atoms with Gasteiger partial charge in [0.15, 0.2) is 15.6 Å². The lowest BCUT2D eigenvalue weighted by Crippen LogP contribution is -2.15. The second-order valence-electron chi connectivity index (χ2n) is 3.96. The Bertz CT molecular complexity index is 717. The maximum atomic E-state index is 12.1. The molecule has 20 heavy (non-hydrogen) atoms. The fourth-order valence-corrected chi connectivity index (χ4v) is 3.86. The summed E-state index contributed by atoms with van der Waals surface area (Å²) in [5.74, 6) is -0.478. The average Bonchev–Trinajstić information content (AvgIpc) is 2.85. The van der Waals surface area contributed by atoms with Crippen LogP contribution in [0.4, 0.5) is 0 Å². The summed E-state index contributed by atoms with van der Waals surface area (Å²) in [6.07, 6.45) is 0. The first kappa shape index (κ1) is 15.0. The van der Waals surface area contributed by atoms with E-state index in [-0.39, 0.29) is 4.90 Å². The van der Waals surface area contributed by atoms with Crippen molar-refractivity contribution in [3.63, 3.8) is 0 Å². The quantitative estimate of drug-likeness (QED) is 0.790. The topological polar surface area (TPSA) is 60.4 Å². The van der Waals surface area contributed by atoms with Gasteiger partial charge in [0.25, 0.3) is 0 Å². The van der Waals surface area contributed by atoms with Crippen LogP contribution in [0, 0.1) is 0 Å². The fraction of sp³-hybridized carbons (Fsp3) is 0.154. The molecule has 1 aromatic heterocycles. The van der Waals surface area contributed by atoms with Crippen LogP contribution in [0.2, 0.25) is 4.34 Å². The molecule has 7 heteroatoms. The van der Waals surface area contributed by atoms with Crippen LogP contribution >= 0.6 is 22.9 Å². The van der Waals surface area contributed by atoms with Gasteiger partial charge in [0.2, 0.25) is 0 Å². The maximum Gasteiger partial charge on any atom is 0.188 e. The van der Waals surface area contributed by atoms with Crippen LogP contribution in [0.15, 0.2) is 41.3 Å². The van der Waals surface area contributed by atoms with Crippen molar-refractivity contribution < 1.29 is 17.9 Å². The Hall–Kier alpha value is -1.37. The Morgan fingerprint density at radius 2 is 1.85 bits per heavy atom. The highest BCUT2D eigenvalue weighted by atomic mass is 35.5. The second kappa shape index (κ2) is 5.95. The molecule has 0 aliphatic heterocycles. The second-order valence-corrected chi connectivity index (χ2v) is 7.67. The first-order valence-corrected chi connectivity index (χ1v) is 8.42. The first-order chi connectivity index (χ1) is 9.42. The van der Waals surface area contributed by atoms with Crippen LogP contribution in [0.5, 0.6) is 5.75 Å². The van der Waals surface area contributed by atoms with Crippen molar-refractivity contribution >= 4 is 38.6 Å². The number of hydrogen-bond acceptors (Lipinski definition) is 5. The van der Waals surface area contributed by atoms with E-state index in [1.165, 1.54) is 25.3 Å². The van der Waals surface area contributed by atoms with E-state index in [2.05, 4.69) is 0 Å². The van der Waals surface area contributed by atoms with E-state index in [0.717, 1.165) is 11.3 Å². The predicted molar refractivity (Wildman–Crippen MR) is 78.7 cm³/mol. The monoisotopic (exact) mass is 330 g/mol. The number of ether oxygens (including phenoxy) is 1. The molecule has 0 unspecified atom stereocenters. The molecule has 0 aliphatic rings. The van der Waals surface area contributed by atoms with Gasteiger partial charge in [-0.15, -0.1) is 11.3 Å². The van der Waals surface area contributed by atoms with Gasteiger partial charge in [-0.05, 0) is 36.4 Å². The lowest BCUT2D eigenvalue weighted by atomic mass is 10.3. The van der Waals surface area contributed by atoms with Crippen molar-refractivity contribution in [2.24, 2.45) is 0 Å². The molecule has 2 rings (SSSR count). The van der Waals surface area contributed by atoms with Crippen molar-refractivity contribution in [2.75, 3.05) is 12.9 Å². The van der Waals surface area contributed by atoms with Crippen molar-refractivity contribution in [3.05, 3.63) is 45.6 Å². The third-order valence-corrected chi connectivity index (χ3v) is 5.49. The molecule has 0 N–H and O–H groups in total. The lowest BCUT2D eigenvalue weighted by Gasteiger charge is -2.04. The Morgan fingerprint density at radius 1 is 1.20 bits per heavy atom. The van der Waals surface area contributed by atoms with Crippen LogP contribution < -0.4 is 4.74 Å². The van der Waals surface area contributed by atoms with E-state index < -0.39 is 21.4 Å². The van der Waals surface area contributed by atoms with Crippen molar-refractivity contribution in [1.82, 2.24) is 0 Å². The summed E-state index contributed by atoms with van der Waals surface area (Å²) in [5, 5.41) is 0. The summed E-state index contributed by atoms with van der Waals surface area (Å²) in [4.78, 5) is 12.3. The van der Waals surface area contributed by atoms with Crippen molar-refractivity contribution in [1.29, 1.82) is 0 Å². The van der Waals surface area contributed by atoms with Gasteiger partial charge in [-0.2, -0.15) is 0 Å². The summed E-state index contributed by atoms with van der Waals surface area (Å²) in [7, 11) is -2.17. The highest BCUT2D eigenvalue weighted by Crippen LogP contribution is 2.23. The van der Waals surface area contributed by atoms with E-state index in [0.29, 0.717) is 15.0 Å². The average molecular weight is 331 g/mol. The van der Waals surface area contributed by atoms with Crippen molar-refractivity contribution in [3.8, 4) is 5.75 Å². The van der Waals surface area contributed by atoms with Crippen molar-refractivity contribution in [2.45, 2.75) is 4.90 Å². The number of ketones is 1. The minimum Gasteiger partial charge on any atom is -0.497 e. The summed E-state index contributed by atoms with van der Waals surface area (Å²) >= 11 is 6.80. The van der Waals surface area contributed by atoms with Gasteiger partial charge in [0.05, 0.1) is 21.2 Å². The Labute approximate surface area is 125 Å². The zero-order chi connectivity index (χ0) is 14.8. The summed E-state index contributed by atoms with van der Waals surface area (Å²) in [5.41, 5.74) is 0. The van der Waals surface area contributed by atoms with Gasteiger partial charge in [-0.3, -0.25) is 4.79 Å². The van der Waals surface area contributed by atoms with E-state index in [1.807, 2.05) is 0 Å². The first-order valence-electron chi connectivity index (χ1n) is 5.58. The number of thiophene rings is 1. The van der Waals surface area contributed by atoms with E-state index in [1.54, 1.807) is 18.2 Å². The number of sulfone groups is 1. The largest absolute Gasteiger partial charge is 0.497 e. The highest BCUT2D eigenvalue weighted by molar-refractivity contribution is 7.92. The fourth-order valence-electron chi connectivity index (χ4n) is 1.57. The molecule has 106 valence electrons. The Balaban J connectivity index is 2.20. The number of methoxy groups -OCH3 is 1. The standard InChI is InChI=1S/C13H11ClO4S2/c1-18-9-2-4-10(5-3-9)20(16,17)8-11(15)12-6-7-13(14)19-12/h2-7H,8H2,1H3. The number of hydrogen-bond donors (Lipinski definition) is 0. The minimum atomic E-state index is -3.66. The molecule has 0 fully saturated rings. The molecule has 0 aliphatic carbocycles. The van der Waals surface area contributed by atoms with Crippen LogP contribution in [0.1, 0.15) is 9.67 Å². The smallest absolute Gasteiger partial charge is 0.188 e. The SMILES string of the molecule is COc1ccc(S(=O)(=O)CC(=O)c2ccc(Cl)s2)cc1. The van der Waals surface area contributed by atoms with Crippen LogP contribution in [-0.4, -0.2) is 27.1 Å². The third kappa shape index (κ3) is 3.39. The van der Waals surface area contributed by atoms with E-state index in [9.17, 15) is 13.2 Å². The normalized spacial score (nSPS) is 11.3. The Kier molecular flexibility index (Phi) is 4.47. The number of carbonyl (C=O) groups is 1. The molecule has 0 bridgehead atoms. The third-order valence-electron chi connectivity index (χ3n) is 2.59. The molecular weight excluding hydrogens is 320 g/mol. The van der Waals surface area contributed by atoms with Gasteiger partial charge in [-0.25, -0.2) is 8.42 Å². The molecule has 1 aromatic carbocycles. The number of benzene rings is 1. The van der Waals surface area contributed by atoms with E-state index in [4.69, 9.17) is 16.3 Å². The summed E-state index contributed by atoms with van der Waals surface area (Å²) in [6.45, 7) is 0. The molecule has 0 amide bonds. The van der Waals surface area contributed by atoms with Crippen LogP contribution in [-0.2, 0) is 9.84 Å². The zero-order valence-corrected chi connectivity index (χ0v) is 12.9. The molecule has 0 radical (unpaired) electrons. The molecule has 0 atom stereocenters. The Morgan fingerprint density at radius 3 is 2.35 bits per heavy atom. The van der Waals surface area contributed by atoms with Gasteiger partial charge in [0.1, 0.15) is 11.5 Å². The number of carbonyl (C=O) groups excluding carboxylic acids is 1. The van der Waals surface area contributed by atoms with Crippen LogP contribution in [0.3, 0.4) is 0 Å². The molecule has 0 saturated carbocycles. The summed E-state index contributed by atoms with van der Waals surface area (Å²) in [6, 6.07) is 9.02. The zero-order valence-electron chi connectivity index (χ0n) is 10.5. The minimum absolute atomic E-state index is 0.0919. The number of halogens is 1. The molecule has 4 nitrogen and oxygen atoms in total. The molecule has 1 heterocycles. The summed E-state index contributed by atoms with van der Waals surface area (Å²) < 4.78 is 29.7. The molecule has 2 aromatic rings. The molecular formula is C13H11ClO4S2. The van der Waals surface area contributed by atoms with Gasteiger partial charge >= 0.3 is 0 Å². The van der Waals surface area contributed by atoms with Gasteiger partial charge in [-0.1, -0.05) is 11.6 Å².